The maximum absolute atomic E-state index is 6.22. The van der Waals surface area contributed by atoms with E-state index in [0.717, 1.165) is 55.2 Å². The van der Waals surface area contributed by atoms with E-state index in [9.17, 15) is 0 Å². The van der Waals surface area contributed by atoms with Crippen molar-refractivity contribution in [2.45, 2.75) is 18.8 Å². The summed E-state index contributed by atoms with van der Waals surface area (Å²) in [5.74, 6) is 1.53. The van der Waals surface area contributed by atoms with Gasteiger partial charge in [-0.05, 0) is 55.6 Å². The lowest BCUT2D eigenvalue weighted by atomic mass is 9.88. The van der Waals surface area contributed by atoms with Gasteiger partial charge in [0.15, 0.2) is 0 Å². The monoisotopic (exact) mass is 373 g/mol. The molecule has 1 aliphatic rings. The van der Waals surface area contributed by atoms with Crippen LogP contribution in [0.3, 0.4) is 0 Å². The quantitative estimate of drug-likeness (QED) is 0.607. The fourth-order valence-electron chi connectivity index (χ4n) is 3.80. The average Bonchev–Trinajstić information content (AvgIpc) is 3.29. The number of hydrogen-bond donors (Lipinski definition) is 3. The molecule has 0 unspecified atom stereocenters. The molecule has 2 aromatic carbocycles. The van der Waals surface area contributed by atoms with Gasteiger partial charge in [-0.25, -0.2) is 4.98 Å². The summed E-state index contributed by atoms with van der Waals surface area (Å²) in [6.45, 7) is 2.93. The van der Waals surface area contributed by atoms with E-state index >= 15 is 0 Å². The molecule has 0 aliphatic carbocycles. The molecule has 0 amide bonds. The lowest BCUT2D eigenvalue weighted by Gasteiger charge is -2.32. The van der Waals surface area contributed by atoms with E-state index in [1.807, 2.05) is 42.7 Å². The van der Waals surface area contributed by atoms with Gasteiger partial charge in [0.05, 0.1) is 0 Å². The van der Waals surface area contributed by atoms with Gasteiger partial charge in [0, 0.05) is 42.1 Å². The molecule has 3 aromatic rings. The van der Waals surface area contributed by atoms with Crippen LogP contribution in [0, 0.1) is 0 Å². The topological polar surface area (TPSA) is 70.0 Å². The number of rotatable bonds is 6. The fraction of sp³-hybridized carbons (Fsp3) is 0.261. The number of aromatic nitrogens is 2. The first kappa shape index (κ1) is 18.3. The van der Waals surface area contributed by atoms with Crippen LogP contribution in [0.15, 0.2) is 78.9 Å². The first-order valence-electron chi connectivity index (χ1n) is 9.86. The molecule has 1 aliphatic heterocycles. The SMILES string of the molecule is N/C(=C\Nc1ccccc1)CN1CCC(c2cccc(-c3ncc[nH]3)c2)CC1. The predicted molar refractivity (Wildman–Crippen MR) is 115 cm³/mol. The zero-order valence-electron chi connectivity index (χ0n) is 16.0. The number of anilines is 1. The van der Waals surface area contributed by atoms with E-state index in [1.54, 1.807) is 6.20 Å². The molecule has 5 heteroatoms. The van der Waals surface area contributed by atoms with Crippen molar-refractivity contribution in [3.63, 3.8) is 0 Å². The molecule has 1 aromatic heterocycles. The number of aromatic amines is 1. The minimum atomic E-state index is 0.596. The maximum atomic E-state index is 6.22. The third kappa shape index (κ3) is 4.61. The zero-order chi connectivity index (χ0) is 19.2. The number of imidazole rings is 1. The second-order valence-electron chi connectivity index (χ2n) is 7.34. The molecule has 0 saturated carbocycles. The number of likely N-dealkylation sites (tertiary alicyclic amines) is 1. The van der Waals surface area contributed by atoms with Gasteiger partial charge in [0.2, 0.25) is 0 Å². The number of piperidine rings is 1. The number of benzene rings is 2. The summed E-state index contributed by atoms with van der Waals surface area (Å²) in [5.41, 5.74) is 10.7. The Kier molecular flexibility index (Phi) is 5.73. The highest BCUT2D eigenvalue weighted by molar-refractivity contribution is 5.56. The highest BCUT2D eigenvalue weighted by Gasteiger charge is 2.21. The van der Waals surface area contributed by atoms with Crippen LogP contribution in [0.5, 0.6) is 0 Å². The lowest BCUT2D eigenvalue weighted by Crippen LogP contribution is -2.35. The minimum absolute atomic E-state index is 0.596. The van der Waals surface area contributed by atoms with Gasteiger partial charge >= 0.3 is 0 Å². The van der Waals surface area contributed by atoms with Crippen LogP contribution in [0.4, 0.5) is 5.69 Å². The molecule has 1 fully saturated rings. The van der Waals surface area contributed by atoms with Gasteiger partial charge in [-0.2, -0.15) is 0 Å². The van der Waals surface area contributed by atoms with Crippen LogP contribution in [-0.2, 0) is 0 Å². The van der Waals surface area contributed by atoms with E-state index in [-0.39, 0.29) is 0 Å². The Morgan fingerprint density at radius 3 is 2.71 bits per heavy atom. The summed E-state index contributed by atoms with van der Waals surface area (Å²) < 4.78 is 0. The molecule has 0 atom stereocenters. The number of para-hydroxylation sites is 1. The van der Waals surface area contributed by atoms with Gasteiger partial charge in [-0.15, -0.1) is 0 Å². The number of nitrogens with one attached hydrogen (secondary N) is 2. The first-order valence-corrected chi connectivity index (χ1v) is 9.86. The molecule has 4 N–H and O–H groups in total. The van der Waals surface area contributed by atoms with Crippen molar-refractivity contribution < 1.29 is 0 Å². The Labute approximate surface area is 166 Å². The smallest absolute Gasteiger partial charge is 0.137 e. The highest BCUT2D eigenvalue weighted by Crippen LogP contribution is 2.30. The number of nitrogens with zero attached hydrogens (tertiary/aromatic N) is 2. The van der Waals surface area contributed by atoms with Crippen molar-refractivity contribution in [1.29, 1.82) is 0 Å². The summed E-state index contributed by atoms with van der Waals surface area (Å²) in [6, 6.07) is 18.9. The van der Waals surface area contributed by atoms with Crippen molar-refractivity contribution in [3.05, 3.63) is 84.5 Å². The number of H-pyrrole nitrogens is 1. The van der Waals surface area contributed by atoms with Crippen LogP contribution in [0.2, 0.25) is 0 Å². The second kappa shape index (κ2) is 8.76. The van der Waals surface area contributed by atoms with E-state index in [2.05, 4.69) is 44.5 Å². The molecule has 28 heavy (non-hydrogen) atoms. The van der Waals surface area contributed by atoms with E-state index in [1.165, 1.54) is 5.56 Å². The van der Waals surface area contributed by atoms with Gasteiger partial charge in [-0.1, -0.05) is 36.4 Å². The van der Waals surface area contributed by atoms with E-state index in [0.29, 0.717) is 5.92 Å². The maximum Gasteiger partial charge on any atom is 0.137 e. The molecule has 4 rings (SSSR count). The Bertz CT molecular complexity index is 894. The zero-order valence-corrected chi connectivity index (χ0v) is 16.0. The third-order valence-corrected chi connectivity index (χ3v) is 5.32. The van der Waals surface area contributed by atoms with Crippen molar-refractivity contribution in [2.24, 2.45) is 5.73 Å². The Hall–Kier alpha value is -3.05. The standard InChI is InChI=1S/C23H27N5/c24-21(16-27-22-7-2-1-3-8-22)17-28-13-9-18(10-14-28)19-5-4-6-20(15-19)23-25-11-12-26-23/h1-8,11-12,15-16,18,27H,9-10,13-14,17,24H2,(H,25,26)/b21-16-. The summed E-state index contributed by atoms with van der Waals surface area (Å²) >= 11 is 0. The van der Waals surface area contributed by atoms with Gasteiger partial charge in [0.25, 0.3) is 0 Å². The second-order valence-corrected chi connectivity index (χ2v) is 7.34. The van der Waals surface area contributed by atoms with Crippen LogP contribution in [0.25, 0.3) is 11.4 Å². The van der Waals surface area contributed by atoms with Crippen molar-refractivity contribution in [1.82, 2.24) is 14.9 Å². The molecular formula is C23H27N5. The van der Waals surface area contributed by atoms with Gasteiger partial charge in [-0.3, -0.25) is 4.90 Å². The first-order chi connectivity index (χ1) is 13.8. The fourth-order valence-corrected chi connectivity index (χ4v) is 3.80. The summed E-state index contributed by atoms with van der Waals surface area (Å²) in [7, 11) is 0. The highest BCUT2D eigenvalue weighted by atomic mass is 15.1. The van der Waals surface area contributed by atoms with Crippen LogP contribution in [0.1, 0.15) is 24.3 Å². The summed E-state index contributed by atoms with van der Waals surface area (Å²) in [5, 5.41) is 3.27. The average molecular weight is 374 g/mol. The Balaban J connectivity index is 1.30. The van der Waals surface area contributed by atoms with Crippen molar-refractivity contribution in [2.75, 3.05) is 25.0 Å². The predicted octanol–water partition coefficient (Wildman–Crippen LogP) is 4.17. The minimum Gasteiger partial charge on any atom is -0.400 e. The third-order valence-electron chi connectivity index (χ3n) is 5.32. The van der Waals surface area contributed by atoms with Crippen molar-refractivity contribution >= 4 is 5.69 Å². The molecule has 0 bridgehead atoms. The summed E-state index contributed by atoms with van der Waals surface area (Å²) in [4.78, 5) is 9.99. The molecular weight excluding hydrogens is 346 g/mol. The van der Waals surface area contributed by atoms with Crippen LogP contribution >= 0.6 is 0 Å². The molecule has 1 saturated heterocycles. The molecule has 0 spiro atoms. The Morgan fingerprint density at radius 2 is 1.96 bits per heavy atom. The largest absolute Gasteiger partial charge is 0.400 e. The van der Waals surface area contributed by atoms with E-state index < -0.39 is 0 Å². The molecule has 144 valence electrons. The Morgan fingerprint density at radius 1 is 1.14 bits per heavy atom. The van der Waals surface area contributed by atoms with E-state index in [4.69, 9.17) is 5.73 Å². The number of nitrogens with two attached hydrogens (primary N) is 1. The molecule has 2 heterocycles. The normalized spacial score (nSPS) is 16.2. The van der Waals surface area contributed by atoms with Gasteiger partial charge < -0.3 is 16.0 Å². The van der Waals surface area contributed by atoms with Crippen molar-refractivity contribution in [3.8, 4) is 11.4 Å². The van der Waals surface area contributed by atoms with Gasteiger partial charge in [0.1, 0.15) is 5.82 Å². The van der Waals surface area contributed by atoms with Crippen LogP contribution < -0.4 is 11.1 Å². The summed E-state index contributed by atoms with van der Waals surface area (Å²) in [6.07, 6.45) is 7.88. The molecule has 0 radical (unpaired) electrons. The van der Waals surface area contributed by atoms with Crippen LogP contribution in [-0.4, -0.2) is 34.5 Å². The molecule has 5 nitrogen and oxygen atoms in total. The number of hydrogen-bond acceptors (Lipinski definition) is 4. The lowest BCUT2D eigenvalue weighted by molar-refractivity contribution is 0.227.